The molecule has 2 rings (SSSR count). The Morgan fingerprint density at radius 1 is 1.32 bits per heavy atom. The van der Waals surface area contributed by atoms with Crippen LogP contribution in [0.3, 0.4) is 0 Å². The maximum Gasteiger partial charge on any atom is 0.431 e. The van der Waals surface area contributed by atoms with Gasteiger partial charge in [-0.05, 0) is 38.3 Å². The van der Waals surface area contributed by atoms with Crippen LogP contribution in [-0.2, 0) is 23.9 Å². The molecule has 0 saturated carbocycles. The molecule has 3 atom stereocenters. The molecule has 0 aromatic carbocycles. The Morgan fingerprint density at radius 2 is 1.96 bits per heavy atom. The van der Waals surface area contributed by atoms with Gasteiger partial charge in [-0.25, -0.2) is 9.59 Å². The molecule has 1 N–H and O–H groups in total. The van der Waals surface area contributed by atoms with Crippen LogP contribution in [0.5, 0.6) is 0 Å². The molecule has 2 amide bonds. The Bertz CT molecular complexity index is 617. The third kappa shape index (κ3) is 4.17. The molecule has 0 aliphatic carbocycles. The van der Waals surface area contributed by atoms with Crippen molar-refractivity contribution >= 4 is 23.8 Å². The van der Waals surface area contributed by atoms with E-state index in [9.17, 15) is 19.2 Å². The van der Waals surface area contributed by atoms with Crippen molar-refractivity contribution in [2.24, 2.45) is 5.92 Å². The van der Waals surface area contributed by atoms with Crippen LogP contribution < -0.4 is 0 Å². The van der Waals surface area contributed by atoms with Gasteiger partial charge in [0.25, 0.3) is 0 Å². The van der Waals surface area contributed by atoms with Crippen molar-refractivity contribution in [3.05, 3.63) is 0 Å². The van der Waals surface area contributed by atoms with Gasteiger partial charge >= 0.3 is 11.9 Å². The van der Waals surface area contributed by atoms with Gasteiger partial charge in [0.15, 0.2) is 0 Å². The maximum atomic E-state index is 12.2. The zero-order chi connectivity index (χ0) is 18.6. The highest BCUT2D eigenvalue weighted by Gasteiger charge is 2.44. The van der Waals surface area contributed by atoms with Crippen LogP contribution in [0, 0.1) is 17.9 Å². The highest BCUT2D eigenvalue weighted by atomic mass is 16.6. The molecule has 2 heterocycles. The van der Waals surface area contributed by atoms with Gasteiger partial charge in [-0.1, -0.05) is 13.3 Å². The predicted molar refractivity (Wildman–Crippen MR) is 85.8 cm³/mol. The molecule has 8 heteroatoms. The Labute approximate surface area is 146 Å². The van der Waals surface area contributed by atoms with Crippen molar-refractivity contribution in [1.29, 1.82) is 0 Å². The first kappa shape index (κ1) is 18.9. The number of rotatable bonds is 4. The largest absolute Gasteiger partial charge is 0.473 e. The quantitative estimate of drug-likeness (QED) is 0.334. The number of hydrogen-bond donors (Lipinski definition) is 1. The van der Waals surface area contributed by atoms with Crippen molar-refractivity contribution in [2.45, 2.75) is 51.1 Å². The van der Waals surface area contributed by atoms with E-state index in [4.69, 9.17) is 5.11 Å². The van der Waals surface area contributed by atoms with E-state index in [0.717, 1.165) is 30.7 Å². The number of carboxylic acid groups (broad SMARTS) is 1. The number of hydrogen-bond acceptors (Lipinski definition) is 6. The van der Waals surface area contributed by atoms with E-state index in [1.807, 2.05) is 7.05 Å². The Kier molecular flexibility index (Phi) is 6.15. The summed E-state index contributed by atoms with van der Waals surface area (Å²) in [5.41, 5.74) is 0. The van der Waals surface area contributed by atoms with E-state index in [1.54, 1.807) is 0 Å². The monoisotopic (exact) mass is 350 g/mol. The second-order valence-corrected chi connectivity index (χ2v) is 6.35. The minimum absolute atomic E-state index is 0.140. The predicted octanol–water partition coefficient (Wildman–Crippen LogP) is 0.213. The topological polar surface area (TPSA) is 104 Å². The number of amides is 2. The summed E-state index contributed by atoms with van der Waals surface area (Å²) in [6.45, 7) is 2.88. The van der Waals surface area contributed by atoms with E-state index in [2.05, 4.69) is 28.6 Å². The van der Waals surface area contributed by atoms with Gasteiger partial charge in [-0.15, -0.1) is 0 Å². The van der Waals surface area contributed by atoms with Crippen molar-refractivity contribution in [2.75, 3.05) is 13.6 Å². The lowest BCUT2D eigenvalue weighted by atomic mass is 9.89. The van der Waals surface area contributed by atoms with Crippen LogP contribution in [0.1, 0.15) is 39.0 Å². The Hall–Kier alpha value is -2.40. The zero-order valence-electron chi connectivity index (χ0n) is 14.4. The number of carbonyl (C=O) groups excluding carboxylic acids is 3. The molecule has 8 nitrogen and oxygen atoms in total. The third-order valence-electron chi connectivity index (χ3n) is 4.72. The van der Waals surface area contributed by atoms with Crippen LogP contribution in [0.15, 0.2) is 0 Å². The number of esters is 1. The SMILES string of the molecule is CCC[C@@H]1CCN(C)[C@H]1C(C#COC(=O)C(=O)O)N1C(=O)CCC1=O. The summed E-state index contributed by atoms with van der Waals surface area (Å²) in [4.78, 5) is 49.1. The van der Waals surface area contributed by atoms with Crippen LogP contribution in [0.25, 0.3) is 0 Å². The van der Waals surface area contributed by atoms with Gasteiger partial charge in [0.2, 0.25) is 11.8 Å². The van der Waals surface area contributed by atoms with Crippen molar-refractivity contribution < 1.29 is 29.0 Å². The Balaban J connectivity index is 2.30. The highest BCUT2D eigenvalue weighted by Crippen LogP contribution is 2.32. The summed E-state index contributed by atoms with van der Waals surface area (Å²) in [5, 5.41) is 8.54. The van der Waals surface area contributed by atoms with E-state index in [0.29, 0.717) is 0 Å². The van der Waals surface area contributed by atoms with Crippen molar-refractivity contribution in [3.8, 4) is 12.0 Å². The summed E-state index contributed by atoms with van der Waals surface area (Å²) in [5.74, 6) is -0.932. The number of imide groups is 1. The molecule has 0 aromatic rings. The molecule has 136 valence electrons. The minimum atomic E-state index is -1.75. The summed E-state index contributed by atoms with van der Waals surface area (Å²) in [7, 11) is 1.91. The number of likely N-dealkylation sites (N-methyl/N-ethyl adjacent to an activating group) is 1. The molecular formula is C17H22N2O6. The fourth-order valence-electron chi connectivity index (χ4n) is 3.62. The van der Waals surface area contributed by atoms with Gasteiger partial charge in [0, 0.05) is 18.9 Å². The molecule has 2 saturated heterocycles. The molecule has 2 aliphatic rings. The first-order valence-electron chi connectivity index (χ1n) is 8.36. The van der Waals surface area contributed by atoms with E-state index in [1.165, 1.54) is 0 Å². The highest BCUT2D eigenvalue weighted by molar-refractivity contribution is 6.28. The first-order valence-corrected chi connectivity index (χ1v) is 8.36. The molecule has 0 bridgehead atoms. The van der Waals surface area contributed by atoms with Crippen molar-refractivity contribution in [1.82, 2.24) is 9.80 Å². The number of ether oxygens (including phenoxy) is 1. The van der Waals surface area contributed by atoms with Crippen LogP contribution in [0.4, 0.5) is 0 Å². The maximum absolute atomic E-state index is 12.2. The number of aliphatic carboxylic acids is 1. The van der Waals surface area contributed by atoms with Gasteiger partial charge in [-0.3, -0.25) is 14.5 Å². The lowest BCUT2D eigenvalue weighted by Crippen LogP contribution is -2.52. The van der Waals surface area contributed by atoms with Gasteiger partial charge in [0.1, 0.15) is 12.1 Å². The fraction of sp³-hybridized carbons (Fsp3) is 0.647. The lowest BCUT2D eigenvalue weighted by molar-refractivity contribution is -0.159. The molecule has 1 unspecified atom stereocenters. The van der Waals surface area contributed by atoms with E-state index >= 15 is 0 Å². The average molecular weight is 350 g/mol. The number of likely N-dealkylation sites (tertiary alicyclic amines) is 2. The smallest absolute Gasteiger partial charge is 0.431 e. The Morgan fingerprint density at radius 3 is 2.52 bits per heavy atom. The molecule has 0 aromatic heterocycles. The summed E-state index contributed by atoms with van der Waals surface area (Å²) in [6, 6.07) is -0.921. The fourth-order valence-corrected chi connectivity index (χ4v) is 3.62. The standard InChI is InChI=1S/C17H22N2O6/c1-3-4-11-7-9-18(2)15(11)12(8-10-25-17(24)16(22)23)19-13(20)5-6-14(19)21/h11-12,15H,3-7,9H2,1-2H3,(H,22,23)/t11-,12?,15-/m1/s1. The first-order chi connectivity index (χ1) is 11.9. The number of nitrogens with zero attached hydrogens (tertiary/aromatic N) is 2. The molecule has 2 aliphatic heterocycles. The summed E-state index contributed by atoms with van der Waals surface area (Å²) >= 11 is 0. The third-order valence-corrected chi connectivity index (χ3v) is 4.72. The summed E-state index contributed by atoms with van der Waals surface area (Å²) in [6.07, 6.45) is 5.19. The second-order valence-electron chi connectivity index (χ2n) is 6.35. The van der Waals surface area contributed by atoms with Crippen LogP contribution in [-0.4, -0.2) is 64.3 Å². The molecule has 0 radical (unpaired) electrons. The molecular weight excluding hydrogens is 328 g/mol. The number of carbonyl (C=O) groups is 4. The normalized spacial score (nSPS) is 24.8. The van der Waals surface area contributed by atoms with Gasteiger partial charge < -0.3 is 14.7 Å². The van der Waals surface area contributed by atoms with Crippen molar-refractivity contribution in [3.63, 3.8) is 0 Å². The second kappa shape index (κ2) is 8.12. The van der Waals surface area contributed by atoms with Gasteiger partial charge in [0.05, 0.1) is 0 Å². The van der Waals surface area contributed by atoms with E-state index in [-0.39, 0.29) is 36.6 Å². The zero-order valence-corrected chi connectivity index (χ0v) is 14.4. The molecule has 2 fully saturated rings. The molecule has 25 heavy (non-hydrogen) atoms. The van der Waals surface area contributed by atoms with Gasteiger partial charge in [-0.2, -0.15) is 0 Å². The van der Waals surface area contributed by atoms with Crippen LogP contribution >= 0.6 is 0 Å². The minimum Gasteiger partial charge on any atom is -0.473 e. The average Bonchev–Trinajstić information content (AvgIpc) is 3.08. The van der Waals surface area contributed by atoms with Crippen LogP contribution in [0.2, 0.25) is 0 Å². The lowest BCUT2D eigenvalue weighted by Gasteiger charge is -2.34. The van der Waals surface area contributed by atoms with E-state index < -0.39 is 18.0 Å². The molecule has 0 spiro atoms. The summed E-state index contributed by atoms with van der Waals surface area (Å²) < 4.78 is 4.39. The number of carboxylic acids is 1.